The minimum atomic E-state index is -0.0762. The molecule has 106 valence electrons. The van der Waals surface area contributed by atoms with E-state index in [-0.39, 0.29) is 11.9 Å². The second-order valence-electron chi connectivity index (χ2n) is 5.68. The second kappa shape index (κ2) is 7.98. The minimum absolute atomic E-state index is 0.0762. The predicted molar refractivity (Wildman–Crippen MR) is 79.2 cm³/mol. The number of rotatable bonds is 7. The van der Waals surface area contributed by atoms with Crippen molar-refractivity contribution < 1.29 is 9.53 Å². The highest BCUT2D eigenvalue weighted by Gasteiger charge is 2.16. The highest BCUT2D eigenvalue weighted by Crippen LogP contribution is 2.25. The Kier molecular flexibility index (Phi) is 6.61. The lowest BCUT2D eigenvalue weighted by molar-refractivity contribution is -0.145. The van der Waals surface area contributed by atoms with Gasteiger partial charge >= 0.3 is 5.97 Å². The van der Waals surface area contributed by atoms with Crippen LogP contribution in [0, 0.1) is 12.8 Å². The van der Waals surface area contributed by atoms with E-state index in [9.17, 15) is 4.79 Å². The Labute approximate surface area is 117 Å². The maximum absolute atomic E-state index is 11.9. The SMILES string of the molecule is CCCC(CC(=O)OCC(C)C)c1ccc(C)cc1. The van der Waals surface area contributed by atoms with Gasteiger partial charge < -0.3 is 4.74 Å². The van der Waals surface area contributed by atoms with Crippen LogP contribution in [0.3, 0.4) is 0 Å². The molecule has 1 aromatic carbocycles. The van der Waals surface area contributed by atoms with Gasteiger partial charge in [0, 0.05) is 0 Å². The van der Waals surface area contributed by atoms with E-state index in [4.69, 9.17) is 4.74 Å². The first-order valence-electron chi connectivity index (χ1n) is 7.25. The summed E-state index contributed by atoms with van der Waals surface area (Å²) in [7, 11) is 0. The van der Waals surface area contributed by atoms with Crippen molar-refractivity contribution in [1.82, 2.24) is 0 Å². The summed E-state index contributed by atoms with van der Waals surface area (Å²) < 4.78 is 5.29. The van der Waals surface area contributed by atoms with Gasteiger partial charge in [0.15, 0.2) is 0 Å². The molecule has 0 radical (unpaired) electrons. The van der Waals surface area contributed by atoms with Gasteiger partial charge in [-0.05, 0) is 30.7 Å². The third-order valence-corrected chi connectivity index (χ3v) is 3.18. The van der Waals surface area contributed by atoms with E-state index in [0.717, 1.165) is 12.8 Å². The van der Waals surface area contributed by atoms with Gasteiger partial charge in [0.25, 0.3) is 0 Å². The molecule has 19 heavy (non-hydrogen) atoms. The number of benzene rings is 1. The summed E-state index contributed by atoms with van der Waals surface area (Å²) in [6, 6.07) is 8.48. The van der Waals surface area contributed by atoms with Crippen LogP contribution in [0.15, 0.2) is 24.3 Å². The number of esters is 1. The predicted octanol–water partition coefficient (Wildman–Crippen LogP) is 4.47. The molecule has 0 spiro atoms. The smallest absolute Gasteiger partial charge is 0.306 e. The van der Waals surface area contributed by atoms with Crippen LogP contribution in [0.4, 0.5) is 0 Å². The number of ether oxygens (including phenoxy) is 1. The van der Waals surface area contributed by atoms with Gasteiger partial charge in [-0.1, -0.05) is 57.0 Å². The lowest BCUT2D eigenvalue weighted by Gasteiger charge is -2.16. The van der Waals surface area contributed by atoms with Gasteiger partial charge in [0.1, 0.15) is 0 Å². The summed E-state index contributed by atoms with van der Waals surface area (Å²) in [5, 5.41) is 0. The number of hydrogen-bond acceptors (Lipinski definition) is 2. The van der Waals surface area contributed by atoms with Crippen LogP contribution in [0.5, 0.6) is 0 Å². The third kappa shape index (κ3) is 5.91. The molecule has 0 heterocycles. The van der Waals surface area contributed by atoms with Crippen LogP contribution in [0.2, 0.25) is 0 Å². The molecule has 0 saturated carbocycles. The fourth-order valence-electron chi connectivity index (χ4n) is 2.09. The first kappa shape index (κ1) is 15.7. The molecule has 0 aliphatic carbocycles. The summed E-state index contributed by atoms with van der Waals surface area (Å²) in [5.74, 6) is 0.603. The summed E-state index contributed by atoms with van der Waals surface area (Å²) in [4.78, 5) is 11.9. The van der Waals surface area contributed by atoms with Crippen LogP contribution >= 0.6 is 0 Å². The zero-order valence-corrected chi connectivity index (χ0v) is 12.6. The maximum atomic E-state index is 11.9. The minimum Gasteiger partial charge on any atom is -0.465 e. The standard InChI is InChI=1S/C17H26O2/c1-5-6-16(11-17(18)19-12-13(2)3)15-9-7-14(4)8-10-15/h7-10,13,16H,5-6,11-12H2,1-4H3. The molecular weight excluding hydrogens is 236 g/mol. The van der Waals surface area contributed by atoms with E-state index in [2.05, 4.69) is 52.0 Å². The molecule has 1 aromatic rings. The number of aryl methyl sites for hydroxylation is 1. The maximum Gasteiger partial charge on any atom is 0.306 e. The Balaban J connectivity index is 2.62. The van der Waals surface area contributed by atoms with Crippen molar-refractivity contribution in [2.45, 2.75) is 52.9 Å². The zero-order chi connectivity index (χ0) is 14.3. The second-order valence-corrected chi connectivity index (χ2v) is 5.68. The van der Waals surface area contributed by atoms with Crippen molar-refractivity contribution in [3.05, 3.63) is 35.4 Å². The molecule has 0 aromatic heterocycles. The molecule has 1 unspecified atom stereocenters. The lowest BCUT2D eigenvalue weighted by atomic mass is 9.91. The average molecular weight is 262 g/mol. The Morgan fingerprint density at radius 1 is 1.21 bits per heavy atom. The van der Waals surface area contributed by atoms with Gasteiger partial charge in [0.05, 0.1) is 13.0 Å². The Morgan fingerprint density at radius 3 is 2.37 bits per heavy atom. The van der Waals surface area contributed by atoms with E-state index in [0.29, 0.717) is 18.9 Å². The fraction of sp³-hybridized carbons (Fsp3) is 0.588. The molecule has 2 nitrogen and oxygen atoms in total. The Bertz CT molecular complexity index is 379. The summed E-state index contributed by atoms with van der Waals surface area (Å²) >= 11 is 0. The first-order chi connectivity index (χ1) is 9.02. The van der Waals surface area contributed by atoms with E-state index in [1.54, 1.807) is 0 Å². The van der Waals surface area contributed by atoms with E-state index in [1.165, 1.54) is 11.1 Å². The van der Waals surface area contributed by atoms with Crippen molar-refractivity contribution in [1.29, 1.82) is 0 Å². The van der Waals surface area contributed by atoms with Crippen molar-refractivity contribution in [2.24, 2.45) is 5.92 Å². The molecule has 2 heteroatoms. The number of carbonyl (C=O) groups excluding carboxylic acids is 1. The summed E-state index contributed by atoms with van der Waals surface area (Å²) in [5.41, 5.74) is 2.50. The highest BCUT2D eigenvalue weighted by atomic mass is 16.5. The largest absolute Gasteiger partial charge is 0.465 e. The summed E-state index contributed by atoms with van der Waals surface area (Å²) in [6.07, 6.45) is 2.60. The highest BCUT2D eigenvalue weighted by molar-refractivity contribution is 5.70. The monoisotopic (exact) mass is 262 g/mol. The van der Waals surface area contributed by atoms with Gasteiger partial charge in [0.2, 0.25) is 0 Å². The molecular formula is C17H26O2. The molecule has 0 saturated heterocycles. The van der Waals surface area contributed by atoms with E-state index >= 15 is 0 Å². The van der Waals surface area contributed by atoms with E-state index in [1.807, 2.05) is 0 Å². The fourth-order valence-corrected chi connectivity index (χ4v) is 2.09. The van der Waals surface area contributed by atoms with E-state index < -0.39 is 0 Å². The van der Waals surface area contributed by atoms with Gasteiger partial charge in [-0.15, -0.1) is 0 Å². The van der Waals surface area contributed by atoms with Crippen molar-refractivity contribution in [2.75, 3.05) is 6.61 Å². The lowest BCUT2D eigenvalue weighted by Crippen LogP contribution is -2.13. The number of carbonyl (C=O) groups is 1. The summed E-state index contributed by atoms with van der Waals surface area (Å²) in [6.45, 7) is 8.86. The van der Waals surface area contributed by atoms with Gasteiger partial charge in [-0.25, -0.2) is 0 Å². The third-order valence-electron chi connectivity index (χ3n) is 3.18. The number of hydrogen-bond donors (Lipinski definition) is 0. The molecule has 1 rings (SSSR count). The van der Waals surface area contributed by atoms with Crippen LogP contribution < -0.4 is 0 Å². The van der Waals surface area contributed by atoms with Crippen molar-refractivity contribution in [3.63, 3.8) is 0 Å². The normalized spacial score (nSPS) is 12.5. The molecule has 0 fully saturated rings. The van der Waals surface area contributed by atoms with Gasteiger partial charge in [-0.2, -0.15) is 0 Å². The van der Waals surface area contributed by atoms with Crippen molar-refractivity contribution in [3.8, 4) is 0 Å². The zero-order valence-electron chi connectivity index (χ0n) is 12.6. The molecule has 0 aliphatic rings. The van der Waals surface area contributed by atoms with Crippen LogP contribution in [0.1, 0.15) is 57.1 Å². The molecule has 0 N–H and O–H groups in total. The average Bonchev–Trinajstić information content (AvgIpc) is 2.37. The Hall–Kier alpha value is -1.31. The van der Waals surface area contributed by atoms with Crippen LogP contribution in [-0.2, 0) is 9.53 Å². The quantitative estimate of drug-likeness (QED) is 0.678. The Morgan fingerprint density at radius 2 is 1.84 bits per heavy atom. The molecule has 0 aliphatic heterocycles. The molecule has 0 amide bonds. The van der Waals surface area contributed by atoms with Crippen LogP contribution in [0.25, 0.3) is 0 Å². The van der Waals surface area contributed by atoms with Crippen molar-refractivity contribution >= 4 is 5.97 Å². The molecule has 1 atom stereocenters. The first-order valence-corrected chi connectivity index (χ1v) is 7.25. The molecule has 0 bridgehead atoms. The van der Waals surface area contributed by atoms with Gasteiger partial charge in [-0.3, -0.25) is 4.79 Å². The topological polar surface area (TPSA) is 26.3 Å². The van der Waals surface area contributed by atoms with Crippen LogP contribution in [-0.4, -0.2) is 12.6 Å².